The van der Waals surface area contributed by atoms with E-state index >= 15 is 0 Å². The average Bonchev–Trinajstić information content (AvgIpc) is 3.19. The average molecular weight is 498 g/mol. The number of fused-ring (bicyclic) bond motifs is 1. The van der Waals surface area contributed by atoms with Crippen molar-refractivity contribution in [3.8, 4) is 0 Å². The Morgan fingerprint density at radius 2 is 2.07 bits per heavy atom. The van der Waals surface area contributed by atoms with Crippen LogP contribution in [0.15, 0.2) is 16.7 Å². The molecule has 0 radical (unpaired) electrons. The summed E-state index contributed by atoms with van der Waals surface area (Å²) in [5.74, 6) is 0.725. The summed E-state index contributed by atoms with van der Waals surface area (Å²) in [5, 5.41) is 10.0. The highest BCUT2D eigenvalue weighted by Crippen LogP contribution is 2.51. The van der Waals surface area contributed by atoms with Crippen molar-refractivity contribution in [3.05, 3.63) is 22.6 Å². The standard InChI is InChI=1S/C21H33BrN4O3Si/c1-20(2,3)21(8-7-9-26(21)19(27)28)18-24-16-12-15(22)13-23-17(16)25(18)14-29-10-11-30(4,5)6/h12-13H,7-11,14H2,1-6H3,(H,27,28)/t21-/m1/s1. The number of imidazole rings is 1. The zero-order valence-corrected chi connectivity index (χ0v) is 21.4. The van der Waals surface area contributed by atoms with Gasteiger partial charge in [0.1, 0.15) is 23.6 Å². The Morgan fingerprint density at radius 1 is 1.37 bits per heavy atom. The summed E-state index contributed by atoms with van der Waals surface area (Å²) in [6.07, 6.45) is 2.37. The lowest BCUT2D eigenvalue weighted by Crippen LogP contribution is -2.54. The van der Waals surface area contributed by atoms with Crippen LogP contribution in [-0.2, 0) is 17.0 Å². The van der Waals surface area contributed by atoms with Crippen molar-refractivity contribution in [2.24, 2.45) is 5.41 Å². The van der Waals surface area contributed by atoms with Gasteiger partial charge in [0, 0.05) is 31.9 Å². The Hall–Kier alpha value is -1.45. The van der Waals surface area contributed by atoms with Gasteiger partial charge in [0.15, 0.2) is 5.65 Å². The highest BCUT2D eigenvalue weighted by Gasteiger charge is 2.56. The Bertz CT molecular complexity index is 935. The SMILES string of the molecule is CC(C)(C)[C@]1(c2nc3cc(Br)cnc3n2COCC[Si](C)(C)C)CCCN1C(=O)O. The Morgan fingerprint density at radius 3 is 2.67 bits per heavy atom. The first kappa shape index (κ1) is 23.2. The monoisotopic (exact) mass is 496 g/mol. The molecule has 2 aromatic heterocycles. The number of carboxylic acid groups (broad SMARTS) is 1. The van der Waals surface area contributed by atoms with E-state index in [0.29, 0.717) is 19.9 Å². The van der Waals surface area contributed by atoms with Crippen molar-refractivity contribution in [1.29, 1.82) is 0 Å². The third-order valence-corrected chi connectivity index (χ3v) is 8.13. The summed E-state index contributed by atoms with van der Waals surface area (Å²) < 4.78 is 8.92. The van der Waals surface area contributed by atoms with Crippen molar-refractivity contribution in [2.75, 3.05) is 13.2 Å². The maximum atomic E-state index is 12.2. The van der Waals surface area contributed by atoms with E-state index in [9.17, 15) is 9.90 Å². The predicted molar refractivity (Wildman–Crippen MR) is 124 cm³/mol. The second-order valence-electron chi connectivity index (χ2n) is 10.4. The molecule has 0 bridgehead atoms. The number of ether oxygens (including phenoxy) is 1. The summed E-state index contributed by atoms with van der Waals surface area (Å²) >= 11 is 3.48. The minimum atomic E-state index is -1.21. The largest absolute Gasteiger partial charge is 0.465 e. The first-order chi connectivity index (χ1) is 13.9. The van der Waals surface area contributed by atoms with Gasteiger partial charge in [-0.1, -0.05) is 40.4 Å². The number of carbonyl (C=O) groups is 1. The van der Waals surface area contributed by atoms with E-state index in [0.717, 1.165) is 40.3 Å². The third-order valence-electron chi connectivity index (χ3n) is 5.99. The second-order valence-corrected chi connectivity index (χ2v) is 16.9. The molecule has 1 fully saturated rings. The van der Waals surface area contributed by atoms with E-state index in [1.165, 1.54) is 0 Å². The number of rotatable bonds is 6. The highest BCUT2D eigenvalue weighted by molar-refractivity contribution is 9.10. The fourth-order valence-electron chi connectivity index (χ4n) is 4.38. The smallest absolute Gasteiger partial charge is 0.408 e. The van der Waals surface area contributed by atoms with Crippen LogP contribution in [0.5, 0.6) is 0 Å². The molecule has 0 spiro atoms. The maximum Gasteiger partial charge on any atom is 0.408 e. The topological polar surface area (TPSA) is 80.5 Å². The molecule has 1 amide bonds. The van der Waals surface area contributed by atoms with E-state index in [-0.39, 0.29) is 5.41 Å². The molecule has 0 saturated carbocycles. The van der Waals surface area contributed by atoms with Gasteiger partial charge in [-0.2, -0.15) is 0 Å². The first-order valence-electron chi connectivity index (χ1n) is 10.5. The molecule has 7 nitrogen and oxygen atoms in total. The number of aromatic nitrogens is 3. The molecular formula is C21H33BrN4O3Si. The summed E-state index contributed by atoms with van der Waals surface area (Å²) in [5.41, 5.74) is 0.376. The minimum absolute atomic E-state index is 0.316. The lowest BCUT2D eigenvalue weighted by atomic mass is 9.71. The summed E-state index contributed by atoms with van der Waals surface area (Å²) in [6.45, 7) is 14.7. The van der Waals surface area contributed by atoms with Crippen LogP contribution < -0.4 is 0 Å². The number of hydrogen-bond donors (Lipinski definition) is 1. The molecule has 166 valence electrons. The van der Waals surface area contributed by atoms with Gasteiger partial charge in [-0.05, 0) is 46.3 Å². The van der Waals surface area contributed by atoms with Gasteiger partial charge in [0.05, 0.1) is 0 Å². The Balaban J connectivity index is 2.12. The molecular weight excluding hydrogens is 464 g/mol. The molecule has 1 atom stereocenters. The van der Waals surface area contributed by atoms with Gasteiger partial charge in [0.25, 0.3) is 0 Å². The molecule has 1 aliphatic rings. The van der Waals surface area contributed by atoms with Gasteiger partial charge in [-0.3, -0.25) is 9.47 Å². The van der Waals surface area contributed by atoms with Crippen LogP contribution in [0.2, 0.25) is 25.7 Å². The van der Waals surface area contributed by atoms with Crippen LogP contribution in [0.1, 0.15) is 39.4 Å². The molecule has 1 N–H and O–H groups in total. The molecule has 9 heteroatoms. The van der Waals surface area contributed by atoms with Gasteiger partial charge in [-0.25, -0.2) is 14.8 Å². The summed E-state index contributed by atoms with van der Waals surface area (Å²) in [4.78, 5) is 23.3. The lowest BCUT2D eigenvalue weighted by Gasteiger charge is -2.46. The van der Waals surface area contributed by atoms with E-state index in [1.54, 1.807) is 11.1 Å². The molecule has 30 heavy (non-hydrogen) atoms. The van der Waals surface area contributed by atoms with Crippen molar-refractivity contribution in [2.45, 2.75) is 71.6 Å². The molecule has 0 unspecified atom stereocenters. The number of hydrogen-bond acceptors (Lipinski definition) is 4. The number of nitrogens with zero attached hydrogens (tertiary/aromatic N) is 4. The number of pyridine rings is 1. The van der Waals surface area contributed by atoms with E-state index in [1.807, 2.05) is 10.6 Å². The number of amides is 1. The zero-order chi connectivity index (χ0) is 22.3. The molecule has 2 aromatic rings. The molecule has 3 rings (SSSR count). The maximum absolute atomic E-state index is 12.2. The zero-order valence-electron chi connectivity index (χ0n) is 18.8. The number of likely N-dealkylation sites (tertiary alicyclic amines) is 1. The van der Waals surface area contributed by atoms with Crippen LogP contribution in [0, 0.1) is 5.41 Å². The minimum Gasteiger partial charge on any atom is -0.465 e. The summed E-state index contributed by atoms with van der Waals surface area (Å²) in [6, 6.07) is 3.00. The van der Waals surface area contributed by atoms with Gasteiger partial charge >= 0.3 is 6.09 Å². The third kappa shape index (κ3) is 4.29. The highest BCUT2D eigenvalue weighted by atomic mass is 79.9. The molecule has 0 aliphatic carbocycles. The van der Waals surface area contributed by atoms with Gasteiger partial charge in [-0.15, -0.1) is 0 Å². The van der Waals surface area contributed by atoms with Crippen LogP contribution in [-0.4, -0.2) is 51.9 Å². The van der Waals surface area contributed by atoms with Crippen molar-refractivity contribution in [3.63, 3.8) is 0 Å². The molecule has 0 aromatic carbocycles. The van der Waals surface area contributed by atoms with Crippen LogP contribution in [0.25, 0.3) is 11.2 Å². The summed E-state index contributed by atoms with van der Waals surface area (Å²) in [7, 11) is -1.21. The Kier molecular flexibility index (Phi) is 6.37. The quantitative estimate of drug-likeness (QED) is 0.420. The van der Waals surface area contributed by atoms with Crippen LogP contribution >= 0.6 is 15.9 Å². The fourth-order valence-corrected chi connectivity index (χ4v) is 5.46. The first-order valence-corrected chi connectivity index (χ1v) is 15.0. The van der Waals surface area contributed by atoms with Crippen molar-refractivity contribution in [1.82, 2.24) is 19.4 Å². The van der Waals surface area contributed by atoms with Crippen molar-refractivity contribution >= 4 is 41.3 Å². The molecule has 3 heterocycles. The lowest BCUT2D eigenvalue weighted by molar-refractivity contribution is 0.0100. The van der Waals surface area contributed by atoms with E-state index < -0.39 is 19.7 Å². The van der Waals surface area contributed by atoms with Crippen LogP contribution in [0.4, 0.5) is 4.79 Å². The van der Waals surface area contributed by atoms with Crippen molar-refractivity contribution < 1.29 is 14.6 Å². The van der Waals surface area contributed by atoms with Gasteiger partial charge in [0.2, 0.25) is 0 Å². The van der Waals surface area contributed by atoms with E-state index in [2.05, 4.69) is 61.3 Å². The van der Waals surface area contributed by atoms with E-state index in [4.69, 9.17) is 9.72 Å². The molecule has 1 saturated heterocycles. The Labute approximate surface area is 188 Å². The number of halogens is 1. The predicted octanol–water partition coefficient (Wildman–Crippen LogP) is 5.52. The second kappa shape index (κ2) is 8.24. The molecule has 1 aliphatic heterocycles. The fraction of sp³-hybridized carbons (Fsp3) is 0.667. The van der Waals surface area contributed by atoms with Crippen LogP contribution in [0.3, 0.4) is 0 Å². The van der Waals surface area contributed by atoms with Gasteiger partial charge < -0.3 is 9.84 Å². The normalized spacial score (nSPS) is 20.3.